The average Bonchev–Trinajstić information content (AvgIpc) is 3.34. The van der Waals surface area contributed by atoms with Gasteiger partial charge in [-0.15, -0.1) is 0 Å². The fraction of sp³-hybridized carbons (Fsp3) is 0.200. The third-order valence-electron chi connectivity index (χ3n) is 4.67. The molecule has 142 valence electrons. The Balaban J connectivity index is 1.37. The Morgan fingerprint density at radius 3 is 2.57 bits per heavy atom. The summed E-state index contributed by atoms with van der Waals surface area (Å²) in [7, 11) is 0. The molecule has 0 radical (unpaired) electrons. The Hall–Kier alpha value is -3.55. The number of carbonyl (C=O) groups excluding carboxylic acids is 2. The van der Waals surface area contributed by atoms with Gasteiger partial charge in [-0.2, -0.15) is 5.10 Å². The number of amides is 2. The molecule has 1 atom stereocenters. The second kappa shape index (κ2) is 7.59. The van der Waals surface area contributed by atoms with E-state index in [9.17, 15) is 14.0 Å². The zero-order chi connectivity index (χ0) is 19.5. The van der Waals surface area contributed by atoms with Crippen LogP contribution < -0.4 is 10.2 Å². The topological polar surface area (TPSA) is 80.1 Å². The number of rotatable bonds is 5. The van der Waals surface area contributed by atoms with Gasteiger partial charge in [0.1, 0.15) is 18.5 Å². The quantitative estimate of drug-likeness (QED) is 0.739. The Morgan fingerprint density at radius 1 is 1.14 bits per heavy atom. The lowest BCUT2D eigenvalue weighted by molar-refractivity contribution is -0.122. The van der Waals surface area contributed by atoms with Gasteiger partial charge in [0, 0.05) is 24.3 Å². The molecular formula is C20H18FN5O2. The fourth-order valence-electron chi connectivity index (χ4n) is 3.19. The Bertz CT molecular complexity index is 971. The van der Waals surface area contributed by atoms with Gasteiger partial charge in [0.05, 0.1) is 12.5 Å². The van der Waals surface area contributed by atoms with E-state index < -0.39 is 5.92 Å². The van der Waals surface area contributed by atoms with Crippen LogP contribution in [0.25, 0.3) is 0 Å². The first-order chi connectivity index (χ1) is 13.6. The molecule has 0 unspecified atom stereocenters. The summed E-state index contributed by atoms with van der Waals surface area (Å²) in [5.74, 6) is -1.17. The highest BCUT2D eigenvalue weighted by atomic mass is 19.1. The largest absolute Gasteiger partial charge is 0.326 e. The van der Waals surface area contributed by atoms with E-state index in [0.717, 1.165) is 5.56 Å². The van der Waals surface area contributed by atoms with E-state index in [0.29, 0.717) is 17.9 Å². The van der Waals surface area contributed by atoms with Crippen LogP contribution in [-0.4, -0.2) is 33.1 Å². The molecule has 8 heteroatoms. The van der Waals surface area contributed by atoms with Crippen molar-refractivity contribution in [3.8, 4) is 0 Å². The maximum absolute atomic E-state index is 13.1. The van der Waals surface area contributed by atoms with Gasteiger partial charge in [-0.25, -0.2) is 14.1 Å². The van der Waals surface area contributed by atoms with Crippen LogP contribution in [0.3, 0.4) is 0 Å². The van der Waals surface area contributed by atoms with Crippen LogP contribution in [0.4, 0.5) is 15.8 Å². The number of benzene rings is 2. The number of hydrogen-bond donors (Lipinski definition) is 1. The third kappa shape index (κ3) is 3.90. The van der Waals surface area contributed by atoms with E-state index in [1.54, 1.807) is 23.1 Å². The monoisotopic (exact) mass is 379 g/mol. The lowest BCUT2D eigenvalue weighted by Gasteiger charge is -2.16. The Morgan fingerprint density at radius 2 is 1.89 bits per heavy atom. The van der Waals surface area contributed by atoms with Crippen LogP contribution in [0.1, 0.15) is 12.0 Å². The predicted molar refractivity (Wildman–Crippen MR) is 101 cm³/mol. The first-order valence-corrected chi connectivity index (χ1v) is 8.86. The van der Waals surface area contributed by atoms with E-state index in [1.807, 2.05) is 24.3 Å². The van der Waals surface area contributed by atoms with Crippen LogP contribution in [0.5, 0.6) is 0 Å². The van der Waals surface area contributed by atoms with Gasteiger partial charge in [0.25, 0.3) is 0 Å². The van der Waals surface area contributed by atoms with Crippen molar-refractivity contribution in [1.82, 2.24) is 14.8 Å². The molecule has 0 saturated carbocycles. The molecule has 2 aromatic carbocycles. The third-order valence-corrected chi connectivity index (χ3v) is 4.67. The van der Waals surface area contributed by atoms with Crippen molar-refractivity contribution < 1.29 is 14.0 Å². The van der Waals surface area contributed by atoms with Gasteiger partial charge in [0.2, 0.25) is 11.8 Å². The molecule has 1 N–H and O–H groups in total. The van der Waals surface area contributed by atoms with Crippen molar-refractivity contribution in [3.63, 3.8) is 0 Å². The molecule has 4 rings (SSSR count). The van der Waals surface area contributed by atoms with Crippen molar-refractivity contribution in [2.24, 2.45) is 5.92 Å². The molecule has 7 nitrogen and oxygen atoms in total. The van der Waals surface area contributed by atoms with Crippen molar-refractivity contribution >= 4 is 23.2 Å². The van der Waals surface area contributed by atoms with Crippen molar-refractivity contribution in [2.75, 3.05) is 16.8 Å². The van der Waals surface area contributed by atoms with Gasteiger partial charge in [-0.3, -0.25) is 9.59 Å². The molecule has 0 aliphatic carbocycles. The van der Waals surface area contributed by atoms with Crippen LogP contribution in [0.2, 0.25) is 0 Å². The maximum Gasteiger partial charge on any atom is 0.229 e. The highest BCUT2D eigenvalue weighted by Gasteiger charge is 2.35. The Labute approximate surface area is 160 Å². The van der Waals surface area contributed by atoms with Gasteiger partial charge in [-0.05, 0) is 42.0 Å². The van der Waals surface area contributed by atoms with E-state index in [2.05, 4.69) is 15.4 Å². The zero-order valence-electron chi connectivity index (χ0n) is 15.0. The van der Waals surface area contributed by atoms with E-state index in [4.69, 9.17) is 0 Å². The molecule has 3 aromatic rings. The number of nitrogens with one attached hydrogen (secondary N) is 1. The molecule has 0 spiro atoms. The summed E-state index contributed by atoms with van der Waals surface area (Å²) < 4.78 is 14.8. The SMILES string of the molecule is O=C(Nc1ccc(Cn2cncn2)cc1)[C@@H]1CC(=O)N(c2ccc(F)cc2)C1. The summed E-state index contributed by atoms with van der Waals surface area (Å²) in [4.78, 5) is 30.2. The van der Waals surface area contributed by atoms with Crippen molar-refractivity contribution in [1.29, 1.82) is 0 Å². The number of halogens is 1. The Kier molecular flexibility index (Phi) is 4.84. The normalized spacial score (nSPS) is 16.4. The fourth-order valence-corrected chi connectivity index (χ4v) is 3.19. The van der Waals surface area contributed by atoms with Crippen molar-refractivity contribution in [3.05, 3.63) is 72.6 Å². The molecular weight excluding hydrogens is 361 g/mol. The summed E-state index contributed by atoms with van der Waals surface area (Å²) in [5.41, 5.74) is 2.29. The minimum atomic E-state index is -0.452. The van der Waals surface area contributed by atoms with Crippen LogP contribution in [0.15, 0.2) is 61.2 Å². The molecule has 2 heterocycles. The lowest BCUT2D eigenvalue weighted by Crippen LogP contribution is -2.28. The molecule has 0 bridgehead atoms. The van der Waals surface area contributed by atoms with Crippen molar-refractivity contribution in [2.45, 2.75) is 13.0 Å². The number of carbonyl (C=O) groups is 2. The van der Waals surface area contributed by atoms with Gasteiger partial charge < -0.3 is 10.2 Å². The smallest absolute Gasteiger partial charge is 0.229 e. The van der Waals surface area contributed by atoms with Gasteiger partial charge >= 0.3 is 0 Å². The molecule has 1 fully saturated rings. The predicted octanol–water partition coefficient (Wildman–Crippen LogP) is 2.46. The number of hydrogen-bond acceptors (Lipinski definition) is 4. The minimum Gasteiger partial charge on any atom is -0.326 e. The highest BCUT2D eigenvalue weighted by Crippen LogP contribution is 2.26. The summed E-state index contributed by atoms with van der Waals surface area (Å²) in [5, 5.41) is 6.92. The standard InChI is InChI=1S/C20H18FN5O2/c21-16-3-7-18(8-4-16)26-11-15(9-19(26)27)20(28)24-17-5-1-14(2-6-17)10-25-13-22-12-23-25/h1-8,12-13,15H,9-11H2,(H,24,28)/t15-/m1/s1. The molecule has 1 aliphatic rings. The minimum absolute atomic E-state index is 0.133. The molecule has 1 aromatic heterocycles. The lowest BCUT2D eigenvalue weighted by atomic mass is 10.1. The van der Waals surface area contributed by atoms with Crippen LogP contribution >= 0.6 is 0 Å². The zero-order valence-corrected chi connectivity index (χ0v) is 15.0. The second-order valence-corrected chi connectivity index (χ2v) is 6.66. The first-order valence-electron chi connectivity index (χ1n) is 8.86. The van der Waals surface area contributed by atoms with Gasteiger partial charge in [-0.1, -0.05) is 12.1 Å². The summed E-state index contributed by atoms with van der Waals surface area (Å²) in [6.07, 6.45) is 3.25. The number of nitrogens with zero attached hydrogens (tertiary/aromatic N) is 4. The van der Waals surface area contributed by atoms with Gasteiger partial charge in [0.15, 0.2) is 0 Å². The maximum atomic E-state index is 13.1. The van der Waals surface area contributed by atoms with Crippen LogP contribution in [-0.2, 0) is 16.1 Å². The summed E-state index contributed by atoms with van der Waals surface area (Å²) in [6, 6.07) is 13.1. The van der Waals surface area contributed by atoms with E-state index >= 15 is 0 Å². The number of aromatic nitrogens is 3. The summed E-state index contributed by atoms with van der Waals surface area (Å²) >= 11 is 0. The number of anilines is 2. The molecule has 1 saturated heterocycles. The second-order valence-electron chi connectivity index (χ2n) is 6.66. The molecule has 2 amide bonds. The summed E-state index contributed by atoms with van der Waals surface area (Å²) in [6.45, 7) is 0.874. The van der Waals surface area contributed by atoms with Crippen LogP contribution in [0, 0.1) is 11.7 Å². The first kappa shape index (κ1) is 17.8. The molecule has 28 heavy (non-hydrogen) atoms. The highest BCUT2D eigenvalue weighted by molar-refractivity contribution is 6.03. The molecule has 1 aliphatic heterocycles. The van der Waals surface area contributed by atoms with E-state index in [1.165, 1.54) is 23.4 Å². The average molecular weight is 379 g/mol. The van der Waals surface area contributed by atoms with E-state index in [-0.39, 0.29) is 30.6 Å².